The van der Waals surface area contributed by atoms with Gasteiger partial charge in [-0.25, -0.2) is 13.2 Å². The summed E-state index contributed by atoms with van der Waals surface area (Å²) in [4.78, 5) is 28.4. The van der Waals surface area contributed by atoms with Crippen molar-refractivity contribution < 1.29 is 18.0 Å². The molecule has 3 amide bonds. The van der Waals surface area contributed by atoms with Gasteiger partial charge >= 0.3 is 6.03 Å². The largest absolute Gasteiger partial charge is 0.340 e. The van der Waals surface area contributed by atoms with Crippen LogP contribution in [0.25, 0.3) is 10.8 Å². The second-order valence-electron chi connectivity index (χ2n) is 8.62. The quantitative estimate of drug-likeness (QED) is 0.547. The zero-order chi connectivity index (χ0) is 24.8. The molecule has 35 heavy (non-hydrogen) atoms. The fraction of sp³-hybridized carbons (Fsp3) is 0.308. The predicted molar refractivity (Wildman–Crippen MR) is 135 cm³/mol. The Balaban J connectivity index is 1.24. The first kappa shape index (κ1) is 24.7. The minimum Gasteiger partial charge on any atom is -0.340 e. The molecule has 1 heterocycles. The number of rotatable bonds is 7. The Morgan fingerprint density at radius 3 is 2.26 bits per heavy atom. The Kier molecular flexibility index (Phi) is 7.67. The lowest BCUT2D eigenvalue weighted by Gasteiger charge is -2.34. The van der Waals surface area contributed by atoms with Crippen molar-refractivity contribution in [2.45, 2.75) is 17.9 Å². The Hall–Kier alpha value is -3.43. The van der Waals surface area contributed by atoms with Crippen LogP contribution in [0.1, 0.15) is 12.0 Å². The van der Waals surface area contributed by atoms with Gasteiger partial charge in [-0.05, 0) is 28.5 Å². The molecule has 3 aromatic rings. The Bertz CT molecular complexity index is 1290. The van der Waals surface area contributed by atoms with E-state index in [0.29, 0.717) is 19.6 Å². The fourth-order valence-corrected chi connectivity index (χ4v) is 5.61. The maximum atomic E-state index is 13.1. The third-order valence-electron chi connectivity index (χ3n) is 6.17. The smallest absolute Gasteiger partial charge is 0.317 e. The van der Waals surface area contributed by atoms with Crippen LogP contribution >= 0.6 is 0 Å². The number of hydrogen-bond donors (Lipinski definition) is 1. The average molecular weight is 495 g/mol. The van der Waals surface area contributed by atoms with Gasteiger partial charge < -0.3 is 15.1 Å². The fourth-order valence-electron chi connectivity index (χ4n) is 4.15. The number of nitrogens with zero attached hydrogens (tertiary/aromatic N) is 3. The van der Waals surface area contributed by atoms with E-state index in [1.807, 2.05) is 60.7 Å². The zero-order valence-corrected chi connectivity index (χ0v) is 20.6. The highest BCUT2D eigenvalue weighted by Gasteiger charge is 2.30. The van der Waals surface area contributed by atoms with E-state index >= 15 is 0 Å². The molecular formula is C26H30N4O4S. The summed E-state index contributed by atoms with van der Waals surface area (Å²) in [5, 5.41) is 4.64. The summed E-state index contributed by atoms with van der Waals surface area (Å²) in [5.74, 6) is -0.0984. The van der Waals surface area contributed by atoms with E-state index in [1.165, 1.54) is 4.31 Å². The van der Waals surface area contributed by atoms with Gasteiger partial charge in [0, 0.05) is 52.7 Å². The molecular weight excluding hydrogens is 464 g/mol. The molecule has 4 rings (SSSR count). The Morgan fingerprint density at radius 1 is 0.886 bits per heavy atom. The van der Waals surface area contributed by atoms with Gasteiger partial charge in [0.2, 0.25) is 15.9 Å². The van der Waals surface area contributed by atoms with E-state index in [9.17, 15) is 18.0 Å². The lowest BCUT2D eigenvalue weighted by Crippen LogP contribution is -2.51. The van der Waals surface area contributed by atoms with Crippen LogP contribution in [-0.4, -0.2) is 74.2 Å². The van der Waals surface area contributed by atoms with Crippen molar-refractivity contribution in [1.29, 1.82) is 0 Å². The first-order valence-electron chi connectivity index (χ1n) is 11.6. The predicted octanol–water partition coefficient (Wildman–Crippen LogP) is 2.90. The van der Waals surface area contributed by atoms with Crippen molar-refractivity contribution in [2.24, 2.45) is 0 Å². The number of carbonyl (C=O) groups is 2. The van der Waals surface area contributed by atoms with E-state index in [4.69, 9.17) is 0 Å². The van der Waals surface area contributed by atoms with E-state index < -0.39 is 10.0 Å². The van der Waals surface area contributed by atoms with Gasteiger partial charge in [-0.3, -0.25) is 4.79 Å². The molecule has 1 aliphatic heterocycles. The average Bonchev–Trinajstić information content (AvgIpc) is 2.88. The first-order chi connectivity index (χ1) is 16.8. The van der Waals surface area contributed by atoms with Crippen LogP contribution in [0.2, 0.25) is 0 Å². The number of amides is 3. The van der Waals surface area contributed by atoms with Crippen molar-refractivity contribution in [3.8, 4) is 0 Å². The highest BCUT2D eigenvalue weighted by molar-refractivity contribution is 7.89. The van der Waals surface area contributed by atoms with Crippen molar-refractivity contribution in [2.75, 3.05) is 39.8 Å². The van der Waals surface area contributed by atoms with E-state index in [1.54, 1.807) is 29.0 Å². The number of nitrogens with one attached hydrogen (secondary N) is 1. The molecule has 0 aliphatic carbocycles. The van der Waals surface area contributed by atoms with Gasteiger partial charge in [-0.2, -0.15) is 4.31 Å². The standard InChI is InChI=1S/C26H30N4O4S/c1-28(20-21-7-3-2-4-8-21)26(32)27-14-13-25(31)29-15-17-30(18-16-29)35(33,34)24-12-11-22-9-5-6-10-23(22)19-24/h2-12,19H,13-18,20H2,1H3,(H,27,32). The summed E-state index contributed by atoms with van der Waals surface area (Å²) >= 11 is 0. The summed E-state index contributed by atoms with van der Waals surface area (Å²) in [5.41, 5.74) is 1.03. The molecule has 3 aromatic carbocycles. The number of carbonyl (C=O) groups excluding carboxylic acids is 2. The molecule has 0 spiro atoms. The van der Waals surface area contributed by atoms with Gasteiger partial charge in [0.1, 0.15) is 0 Å². The number of fused-ring (bicyclic) bond motifs is 1. The second kappa shape index (κ2) is 10.9. The normalized spacial score (nSPS) is 14.6. The minimum absolute atomic E-state index is 0.0984. The van der Waals surface area contributed by atoms with Crippen LogP contribution in [0.5, 0.6) is 0 Å². The van der Waals surface area contributed by atoms with Gasteiger partial charge in [0.25, 0.3) is 0 Å². The van der Waals surface area contributed by atoms with Crippen LogP contribution < -0.4 is 5.32 Å². The molecule has 0 radical (unpaired) electrons. The van der Waals surface area contributed by atoms with Gasteiger partial charge in [-0.15, -0.1) is 0 Å². The van der Waals surface area contributed by atoms with E-state index in [0.717, 1.165) is 16.3 Å². The maximum Gasteiger partial charge on any atom is 0.317 e. The highest BCUT2D eigenvalue weighted by Crippen LogP contribution is 2.23. The van der Waals surface area contributed by atoms with Crippen molar-refractivity contribution in [3.63, 3.8) is 0 Å². The number of urea groups is 1. The van der Waals surface area contributed by atoms with Gasteiger partial charge in [-0.1, -0.05) is 60.7 Å². The van der Waals surface area contributed by atoms with Crippen molar-refractivity contribution in [1.82, 2.24) is 19.4 Å². The number of piperazine rings is 1. The zero-order valence-electron chi connectivity index (χ0n) is 19.8. The molecule has 1 aliphatic rings. The third kappa shape index (κ3) is 5.98. The third-order valence-corrected chi connectivity index (χ3v) is 8.07. The van der Waals surface area contributed by atoms with Gasteiger partial charge in [0.05, 0.1) is 4.90 Å². The van der Waals surface area contributed by atoms with Crippen LogP contribution in [0.15, 0.2) is 77.7 Å². The SMILES string of the molecule is CN(Cc1ccccc1)C(=O)NCCC(=O)N1CCN(S(=O)(=O)c2ccc3ccccc3c2)CC1. The molecule has 1 saturated heterocycles. The molecule has 0 bridgehead atoms. The minimum atomic E-state index is -3.63. The summed E-state index contributed by atoms with van der Waals surface area (Å²) in [6.45, 7) is 1.85. The molecule has 0 saturated carbocycles. The maximum absolute atomic E-state index is 13.1. The molecule has 0 atom stereocenters. The summed E-state index contributed by atoms with van der Waals surface area (Å²) < 4.78 is 27.7. The van der Waals surface area contributed by atoms with Crippen molar-refractivity contribution >= 4 is 32.7 Å². The molecule has 9 heteroatoms. The van der Waals surface area contributed by atoms with E-state index in [2.05, 4.69) is 5.32 Å². The number of hydrogen-bond acceptors (Lipinski definition) is 4. The van der Waals surface area contributed by atoms with Gasteiger partial charge in [0.15, 0.2) is 0 Å². The lowest BCUT2D eigenvalue weighted by molar-refractivity contribution is -0.132. The lowest BCUT2D eigenvalue weighted by atomic mass is 10.1. The molecule has 0 aromatic heterocycles. The number of benzene rings is 3. The van der Waals surface area contributed by atoms with E-state index in [-0.39, 0.29) is 42.9 Å². The molecule has 0 unspecified atom stereocenters. The Morgan fingerprint density at radius 2 is 1.54 bits per heavy atom. The van der Waals surface area contributed by atoms with Crippen LogP contribution in [0.3, 0.4) is 0 Å². The first-order valence-corrected chi connectivity index (χ1v) is 13.1. The molecule has 1 fully saturated rings. The summed E-state index contributed by atoms with van der Waals surface area (Å²) in [6, 6.07) is 22.2. The van der Waals surface area contributed by atoms with Crippen LogP contribution in [0.4, 0.5) is 4.79 Å². The number of sulfonamides is 1. The monoisotopic (exact) mass is 494 g/mol. The van der Waals surface area contributed by atoms with Crippen molar-refractivity contribution in [3.05, 3.63) is 78.4 Å². The molecule has 184 valence electrons. The Labute approximate surface area is 206 Å². The highest BCUT2D eigenvalue weighted by atomic mass is 32.2. The molecule has 8 nitrogen and oxygen atoms in total. The van der Waals surface area contributed by atoms with Crippen LogP contribution in [-0.2, 0) is 21.4 Å². The molecule has 1 N–H and O–H groups in total. The summed E-state index contributed by atoms with van der Waals surface area (Å²) in [6.07, 6.45) is 0.169. The van der Waals surface area contributed by atoms with Crippen LogP contribution in [0, 0.1) is 0 Å². The second-order valence-corrected chi connectivity index (χ2v) is 10.6. The topological polar surface area (TPSA) is 90.0 Å². The summed E-state index contributed by atoms with van der Waals surface area (Å²) in [7, 11) is -1.93.